The van der Waals surface area contributed by atoms with Crippen molar-refractivity contribution < 1.29 is 19.1 Å². The van der Waals surface area contributed by atoms with E-state index in [9.17, 15) is 14.4 Å². The van der Waals surface area contributed by atoms with Gasteiger partial charge in [-0.1, -0.05) is 6.07 Å². The topological polar surface area (TPSA) is 75.7 Å². The lowest BCUT2D eigenvalue weighted by atomic mass is 9.99. The number of hydrogen-bond acceptors (Lipinski definition) is 4. The van der Waals surface area contributed by atoms with E-state index in [-0.39, 0.29) is 5.78 Å². The smallest absolute Gasteiger partial charge is 0.280 e. The van der Waals surface area contributed by atoms with Crippen LogP contribution in [-0.2, 0) is 9.59 Å². The molecular formula is C20H20N2O4. The van der Waals surface area contributed by atoms with Crippen LogP contribution in [0.2, 0.25) is 0 Å². The minimum atomic E-state index is -1.68. The Morgan fingerprint density at radius 2 is 1.77 bits per heavy atom. The van der Waals surface area contributed by atoms with Gasteiger partial charge < -0.3 is 15.0 Å². The fourth-order valence-electron chi connectivity index (χ4n) is 2.85. The fraction of sp³-hybridized carbons (Fsp3) is 0.250. The number of likely N-dealkylation sites (N-methyl/N-ethyl adjacent to an activating group) is 1. The van der Waals surface area contributed by atoms with Crippen LogP contribution in [0.5, 0.6) is 5.75 Å². The Balaban J connectivity index is 1.87. The predicted octanol–water partition coefficient (Wildman–Crippen LogP) is 2.95. The third kappa shape index (κ3) is 2.94. The van der Waals surface area contributed by atoms with Gasteiger partial charge in [0.25, 0.3) is 17.4 Å². The quantitative estimate of drug-likeness (QED) is 0.681. The summed E-state index contributed by atoms with van der Waals surface area (Å²) < 4.78 is 5.80. The lowest BCUT2D eigenvalue weighted by Crippen LogP contribution is -2.59. The number of hydrogen-bond donors (Lipinski definition) is 1. The molecule has 2 aromatic rings. The van der Waals surface area contributed by atoms with Gasteiger partial charge >= 0.3 is 0 Å². The average molecular weight is 352 g/mol. The van der Waals surface area contributed by atoms with Crippen molar-refractivity contribution in [3.05, 3.63) is 53.6 Å². The molecule has 1 aliphatic rings. The standard InChI is InChI=1S/C20H20N2O4/c1-12-5-10-17-16(11-12)22(4)19(25)20(3,26-17)18(24)21-15-8-6-14(7-9-15)13(2)23/h5-11H,1-4H3,(H,21,24). The first-order valence-corrected chi connectivity index (χ1v) is 8.22. The first kappa shape index (κ1) is 17.7. The van der Waals surface area contributed by atoms with Crippen LogP contribution in [0, 0.1) is 6.92 Å². The lowest BCUT2D eigenvalue weighted by Gasteiger charge is -2.38. The first-order valence-electron chi connectivity index (χ1n) is 8.22. The summed E-state index contributed by atoms with van der Waals surface area (Å²) >= 11 is 0. The number of anilines is 2. The van der Waals surface area contributed by atoms with Crippen LogP contribution in [0.4, 0.5) is 11.4 Å². The number of carbonyl (C=O) groups excluding carboxylic acids is 3. The zero-order chi connectivity index (χ0) is 19.1. The van der Waals surface area contributed by atoms with Crippen LogP contribution in [0.15, 0.2) is 42.5 Å². The number of nitrogens with zero attached hydrogens (tertiary/aromatic N) is 1. The molecule has 0 spiro atoms. The highest BCUT2D eigenvalue weighted by Crippen LogP contribution is 2.38. The molecule has 0 radical (unpaired) electrons. The number of rotatable bonds is 3. The van der Waals surface area contributed by atoms with Gasteiger partial charge in [-0.05, 0) is 62.7 Å². The van der Waals surface area contributed by atoms with Gasteiger partial charge in [0.05, 0.1) is 5.69 Å². The molecule has 1 atom stereocenters. The van der Waals surface area contributed by atoms with Crippen molar-refractivity contribution in [2.75, 3.05) is 17.3 Å². The summed E-state index contributed by atoms with van der Waals surface area (Å²) in [5.74, 6) is -0.610. The summed E-state index contributed by atoms with van der Waals surface area (Å²) in [4.78, 5) is 38.4. The monoisotopic (exact) mass is 352 g/mol. The molecular weight excluding hydrogens is 332 g/mol. The Kier molecular flexibility index (Phi) is 4.28. The lowest BCUT2D eigenvalue weighted by molar-refractivity contribution is -0.144. The summed E-state index contributed by atoms with van der Waals surface area (Å²) in [6, 6.07) is 11.9. The highest BCUT2D eigenvalue weighted by Gasteiger charge is 2.49. The van der Waals surface area contributed by atoms with E-state index in [0.717, 1.165) is 5.56 Å². The summed E-state index contributed by atoms with van der Waals surface area (Å²) in [6.07, 6.45) is 0. The predicted molar refractivity (Wildman–Crippen MR) is 98.7 cm³/mol. The Morgan fingerprint density at radius 3 is 2.38 bits per heavy atom. The summed E-state index contributed by atoms with van der Waals surface area (Å²) in [5, 5.41) is 2.69. The summed E-state index contributed by atoms with van der Waals surface area (Å²) in [5.41, 5.74) is 0.964. The van der Waals surface area contributed by atoms with E-state index >= 15 is 0 Å². The van der Waals surface area contributed by atoms with Crippen LogP contribution >= 0.6 is 0 Å². The number of ether oxygens (including phenoxy) is 1. The maximum atomic E-state index is 12.8. The van der Waals surface area contributed by atoms with E-state index < -0.39 is 17.4 Å². The molecule has 1 heterocycles. The highest BCUT2D eigenvalue weighted by atomic mass is 16.5. The van der Waals surface area contributed by atoms with E-state index in [2.05, 4.69) is 5.32 Å². The van der Waals surface area contributed by atoms with Crippen LogP contribution in [0.3, 0.4) is 0 Å². The number of amides is 2. The van der Waals surface area contributed by atoms with Crippen molar-refractivity contribution in [3.63, 3.8) is 0 Å². The molecule has 134 valence electrons. The number of ketones is 1. The molecule has 1 N–H and O–H groups in total. The van der Waals surface area contributed by atoms with Gasteiger partial charge in [-0.15, -0.1) is 0 Å². The molecule has 0 aliphatic carbocycles. The molecule has 0 aromatic heterocycles. The van der Waals surface area contributed by atoms with Crippen LogP contribution in [0.25, 0.3) is 0 Å². The van der Waals surface area contributed by atoms with Gasteiger partial charge in [0.2, 0.25) is 0 Å². The number of carbonyl (C=O) groups is 3. The van der Waals surface area contributed by atoms with Gasteiger partial charge in [-0.25, -0.2) is 0 Å². The molecule has 0 fully saturated rings. The molecule has 3 rings (SSSR count). The van der Waals surface area contributed by atoms with Crippen LogP contribution in [-0.4, -0.2) is 30.2 Å². The van der Waals surface area contributed by atoms with Gasteiger partial charge in [-0.2, -0.15) is 0 Å². The summed E-state index contributed by atoms with van der Waals surface area (Å²) in [6.45, 7) is 4.84. The van der Waals surface area contributed by atoms with Crippen molar-refractivity contribution in [2.45, 2.75) is 26.4 Å². The zero-order valence-corrected chi connectivity index (χ0v) is 15.1. The van der Waals surface area contributed by atoms with Gasteiger partial charge in [0.15, 0.2) is 5.78 Å². The van der Waals surface area contributed by atoms with Crippen molar-refractivity contribution >= 4 is 29.0 Å². The Bertz CT molecular complexity index is 905. The number of benzene rings is 2. The molecule has 1 unspecified atom stereocenters. The molecule has 26 heavy (non-hydrogen) atoms. The van der Waals surface area contributed by atoms with E-state index in [1.54, 1.807) is 37.4 Å². The van der Waals surface area contributed by atoms with Crippen LogP contribution in [0.1, 0.15) is 29.8 Å². The van der Waals surface area contributed by atoms with Gasteiger partial charge in [0, 0.05) is 18.3 Å². The number of aryl methyl sites for hydroxylation is 1. The molecule has 1 aliphatic heterocycles. The maximum absolute atomic E-state index is 12.8. The number of fused-ring (bicyclic) bond motifs is 1. The van der Waals surface area contributed by atoms with E-state index in [1.807, 2.05) is 19.1 Å². The Morgan fingerprint density at radius 1 is 1.12 bits per heavy atom. The van der Waals surface area contributed by atoms with Crippen molar-refractivity contribution in [1.29, 1.82) is 0 Å². The summed E-state index contributed by atoms with van der Waals surface area (Å²) in [7, 11) is 1.62. The molecule has 0 saturated carbocycles. The molecule has 2 amide bonds. The molecule has 2 aromatic carbocycles. The molecule has 6 nitrogen and oxygen atoms in total. The minimum absolute atomic E-state index is 0.0610. The third-order valence-corrected chi connectivity index (χ3v) is 4.49. The Hall–Kier alpha value is -3.15. The maximum Gasteiger partial charge on any atom is 0.280 e. The van der Waals surface area contributed by atoms with Crippen LogP contribution < -0.4 is 15.0 Å². The second-order valence-corrected chi connectivity index (χ2v) is 6.56. The van der Waals surface area contributed by atoms with E-state index in [0.29, 0.717) is 22.7 Å². The van der Waals surface area contributed by atoms with Crippen molar-refractivity contribution in [2.24, 2.45) is 0 Å². The second-order valence-electron chi connectivity index (χ2n) is 6.56. The van der Waals surface area contributed by atoms with Gasteiger partial charge in [-0.3, -0.25) is 14.4 Å². The number of nitrogens with one attached hydrogen (secondary N) is 1. The van der Waals surface area contributed by atoms with Crippen molar-refractivity contribution in [1.82, 2.24) is 0 Å². The SMILES string of the molecule is CC(=O)c1ccc(NC(=O)C2(C)Oc3ccc(C)cc3N(C)C2=O)cc1. The van der Waals surface area contributed by atoms with E-state index in [4.69, 9.17) is 4.74 Å². The Labute approximate surface area is 151 Å². The largest absolute Gasteiger partial charge is 0.465 e. The second kappa shape index (κ2) is 6.29. The first-order chi connectivity index (χ1) is 12.2. The molecule has 6 heteroatoms. The zero-order valence-electron chi connectivity index (χ0n) is 15.1. The van der Waals surface area contributed by atoms with Crippen molar-refractivity contribution in [3.8, 4) is 5.75 Å². The third-order valence-electron chi connectivity index (χ3n) is 4.49. The molecule has 0 bridgehead atoms. The molecule has 0 saturated heterocycles. The van der Waals surface area contributed by atoms with E-state index in [1.165, 1.54) is 18.7 Å². The number of Topliss-reactive ketones (excluding diaryl/α,β-unsaturated/α-hetero) is 1. The normalized spacial score (nSPS) is 18.8. The fourth-order valence-corrected chi connectivity index (χ4v) is 2.85. The average Bonchev–Trinajstić information content (AvgIpc) is 2.61. The highest BCUT2D eigenvalue weighted by molar-refractivity contribution is 6.19. The van der Waals surface area contributed by atoms with Gasteiger partial charge in [0.1, 0.15) is 5.75 Å². The minimum Gasteiger partial charge on any atom is -0.465 e.